The largest absolute Gasteiger partial charge is 0.508 e. The highest BCUT2D eigenvalue weighted by Crippen LogP contribution is 2.22. The maximum absolute atomic E-state index is 9.93. The number of phenols is 1. The molecule has 0 amide bonds. The van der Waals surface area contributed by atoms with E-state index in [9.17, 15) is 5.11 Å². The van der Waals surface area contributed by atoms with Crippen LogP contribution in [0.15, 0.2) is 42.5 Å². The van der Waals surface area contributed by atoms with E-state index in [1.807, 2.05) is 43.3 Å². The van der Waals surface area contributed by atoms with E-state index in [1.54, 1.807) is 6.07 Å². The normalized spacial score (nSPS) is 15.2. The number of anilines is 1. The van der Waals surface area contributed by atoms with Crippen molar-refractivity contribution in [2.45, 2.75) is 32.4 Å². The van der Waals surface area contributed by atoms with Gasteiger partial charge in [0.05, 0.1) is 11.6 Å². The molecule has 2 aromatic carbocycles. The van der Waals surface area contributed by atoms with Gasteiger partial charge in [-0.1, -0.05) is 17.7 Å². The van der Waals surface area contributed by atoms with Gasteiger partial charge < -0.3 is 15.3 Å². The average molecular weight is 321 g/mol. The lowest BCUT2D eigenvalue weighted by Gasteiger charge is -2.34. The lowest BCUT2D eigenvalue weighted by atomic mass is 10.0. The summed E-state index contributed by atoms with van der Waals surface area (Å²) in [4.78, 5) is 2.36. The van der Waals surface area contributed by atoms with Gasteiger partial charge in [0.25, 0.3) is 0 Å². The Morgan fingerprint density at radius 2 is 1.88 bits per heavy atom. The molecule has 1 heterocycles. The zero-order chi connectivity index (χ0) is 16.9. The highest BCUT2D eigenvalue weighted by Gasteiger charge is 2.19. The Hall–Kier alpha value is -2.51. The summed E-state index contributed by atoms with van der Waals surface area (Å²) in [5, 5.41) is 22.4. The van der Waals surface area contributed by atoms with Crippen LogP contribution in [-0.2, 0) is 6.54 Å². The number of aromatic hydroxyl groups is 1. The minimum atomic E-state index is 0.364. The molecule has 24 heavy (non-hydrogen) atoms. The van der Waals surface area contributed by atoms with Crippen molar-refractivity contribution in [2.75, 3.05) is 18.0 Å². The Morgan fingerprint density at radius 3 is 2.54 bits per heavy atom. The molecule has 2 aromatic rings. The Morgan fingerprint density at radius 1 is 1.17 bits per heavy atom. The van der Waals surface area contributed by atoms with E-state index in [1.165, 1.54) is 11.3 Å². The first-order chi connectivity index (χ1) is 11.7. The fourth-order valence-electron chi connectivity index (χ4n) is 3.20. The number of nitriles is 1. The third kappa shape index (κ3) is 3.87. The van der Waals surface area contributed by atoms with Crippen molar-refractivity contribution in [1.82, 2.24) is 5.32 Å². The van der Waals surface area contributed by atoms with E-state index in [0.29, 0.717) is 23.9 Å². The molecule has 4 heteroatoms. The van der Waals surface area contributed by atoms with Gasteiger partial charge in [0.15, 0.2) is 0 Å². The molecule has 3 rings (SSSR count). The molecule has 0 saturated carbocycles. The van der Waals surface area contributed by atoms with E-state index in [-0.39, 0.29) is 0 Å². The van der Waals surface area contributed by atoms with Crippen molar-refractivity contribution in [1.29, 1.82) is 5.26 Å². The van der Waals surface area contributed by atoms with E-state index in [0.717, 1.165) is 31.5 Å². The van der Waals surface area contributed by atoms with Crippen molar-refractivity contribution in [3.8, 4) is 11.8 Å². The zero-order valence-corrected chi connectivity index (χ0v) is 14.0. The number of piperidine rings is 1. The number of benzene rings is 2. The molecule has 1 fully saturated rings. The second kappa shape index (κ2) is 7.37. The van der Waals surface area contributed by atoms with Crippen molar-refractivity contribution < 1.29 is 5.11 Å². The third-order valence-corrected chi connectivity index (χ3v) is 4.67. The number of phenolic OH excluding ortho intramolecular Hbond substituents is 1. The molecule has 0 bridgehead atoms. The molecule has 1 aliphatic heterocycles. The number of nitrogens with zero attached hydrogens (tertiary/aromatic N) is 2. The van der Waals surface area contributed by atoms with Crippen LogP contribution in [0.5, 0.6) is 5.75 Å². The third-order valence-electron chi connectivity index (χ3n) is 4.67. The molecular weight excluding hydrogens is 298 g/mol. The first-order valence-electron chi connectivity index (χ1n) is 8.42. The van der Waals surface area contributed by atoms with E-state index in [4.69, 9.17) is 5.26 Å². The molecule has 1 aliphatic rings. The minimum Gasteiger partial charge on any atom is -0.508 e. The molecule has 2 N–H and O–H groups in total. The van der Waals surface area contributed by atoms with Crippen LogP contribution in [0.3, 0.4) is 0 Å². The summed E-state index contributed by atoms with van der Waals surface area (Å²) < 4.78 is 0. The second-order valence-corrected chi connectivity index (χ2v) is 6.43. The summed E-state index contributed by atoms with van der Waals surface area (Å²) in [6.45, 7) is 4.75. The summed E-state index contributed by atoms with van der Waals surface area (Å²) in [5.74, 6) is 0.364. The van der Waals surface area contributed by atoms with Crippen molar-refractivity contribution >= 4 is 5.69 Å². The van der Waals surface area contributed by atoms with Gasteiger partial charge in [-0.2, -0.15) is 5.26 Å². The van der Waals surface area contributed by atoms with Crippen molar-refractivity contribution in [3.05, 3.63) is 59.2 Å². The summed E-state index contributed by atoms with van der Waals surface area (Å²) in [6.07, 6.45) is 2.15. The first kappa shape index (κ1) is 16.4. The van der Waals surface area contributed by atoms with Crippen LogP contribution in [-0.4, -0.2) is 24.2 Å². The highest BCUT2D eigenvalue weighted by molar-refractivity contribution is 5.50. The predicted molar refractivity (Wildman–Crippen MR) is 96.1 cm³/mol. The summed E-state index contributed by atoms with van der Waals surface area (Å²) in [5.41, 5.74) is 4.02. The number of rotatable bonds is 4. The number of hydrogen-bond donors (Lipinski definition) is 2. The van der Waals surface area contributed by atoms with Crippen LogP contribution in [0.2, 0.25) is 0 Å². The molecule has 1 saturated heterocycles. The number of aryl methyl sites for hydroxylation is 1. The quantitative estimate of drug-likeness (QED) is 0.907. The van der Waals surface area contributed by atoms with Gasteiger partial charge in [0.1, 0.15) is 5.75 Å². The molecule has 0 radical (unpaired) electrons. The maximum atomic E-state index is 9.93. The maximum Gasteiger partial charge on any atom is 0.120 e. The van der Waals surface area contributed by atoms with Gasteiger partial charge in [-0.15, -0.1) is 0 Å². The fourth-order valence-corrected chi connectivity index (χ4v) is 3.20. The van der Waals surface area contributed by atoms with Crippen LogP contribution in [0, 0.1) is 18.3 Å². The summed E-state index contributed by atoms with van der Waals surface area (Å²) >= 11 is 0. The Kier molecular flexibility index (Phi) is 5.02. The Balaban J connectivity index is 1.51. The summed E-state index contributed by atoms with van der Waals surface area (Å²) in [6, 6.07) is 16.2. The van der Waals surface area contributed by atoms with Crippen LogP contribution in [0.25, 0.3) is 0 Å². The lowest BCUT2D eigenvalue weighted by Crippen LogP contribution is -2.42. The topological polar surface area (TPSA) is 59.3 Å². The zero-order valence-electron chi connectivity index (χ0n) is 14.0. The van der Waals surface area contributed by atoms with Crippen molar-refractivity contribution in [2.24, 2.45) is 0 Å². The molecule has 124 valence electrons. The average Bonchev–Trinajstić information content (AvgIpc) is 2.63. The molecule has 4 nitrogen and oxygen atoms in total. The molecule has 0 unspecified atom stereocenters. The van der Waals surface area contributed by atoms with Gasteiger partial charge in [-0.25, -0.2) is 0 Å². The van der Waals surface area contributed by atoms with Gasteiger partial charge in [-0.3, -0.25) is 0 Å². The van der Waals surface area contributed by atoms with Gasteiger partial charge in [0, 0.05) is 36.9 Å². The number of hydrogen-bond acceptors (Lipinski definition) is 4. The van der Waals surface area contributed by atoms with Gasteiger partial charge in [-0.05, 0) is 50.1 Å². The molecule has 0 atom stereocenters. The van der Waals surface area contributed by atoms with Gasteiger partial charge >= 0.3 is 0 Å². The van der Waals surface area contributed by atoms with Crippen molar-refractivity contribution in [3.63, 3.8) is 0 Å². The molecule has 0 aromatic heterocycles. The monoisotopic (exact) mass is 321 g/mol. The second-order valence-electron chi connectivity index (χ2n) is 6.43. The van der Waals surface area contributed by atoms with E-state index < -0.39 is 0 Å². The molecule has 0 spiro atoms. The van der Waals surface area contributed by atoms with Crippen LogP contribution in [0.1, 0.15) is 29.5 Å². The van der Waals surface area contributed by atoms with Crippen LogP contribution in [0.4, 0.5) is 5.69 Å². The molecule has 0 aliphatic carbocycles. The van der Waals surface area contributed by atoms with E-state index in [2.05, 4.69) is 16.3 Å². The standard InChI is InChI=1S/C20H23N3O/c1-15-2-7-20(24)17(12-15)14-22-18-8-10-23(11-9-18)19-5-3-16(13-21)4-6-19/h2-7,12,18,22,24H,8-11,14H2,1H3. The smallest absolute Gasteiger partial charge is 0.120 e. The van der Waals surface area contributed by atoms with Crippen LogP contribution < -0.4 is 10.2 Å². The lowest BCUT2D eigenvalue weighted by molar-refractivity contribution is 0.406. The fraction of sp³-hybridized carbons (Fsp3) is 0.350. The minimum absolute atomic E-state index is 0.364. The number of nitrogens with one attached hydrogen (secondary N) is 1. The predicted octanol–water partition coefficient (Wildman–Crippen LogP) is 3.33. The van der Waals surface area contributed by atoms with E-state index >= 15 is 0 Å². The summed E-state index contributed by atoms with van der Waals surface area (Å²) in [7, 11) is 0. The Bertz CT molecular complexity index is 726. The highest BCUT2D eigenvalue weighted by atomic mass is 16.3. The van der Waals surface area contributed by atoms with Gasteiger partial charge in [0.2, 0.25) is 0 Å². The first-order valence-corrected chi connectivity index (χ1v) is 8.42. The molecular formula is C20H23N3O. The van der Waals surface area contributed by atoms with Crippen LogP contribution >= 0.6 is 0 Å². The SMILES string of the molecule is Cc1ccc(O)c(CNC2CCN(c3ccc(C#N)cc3)CC2)c1. The Labute approximate surface area is 143 Å².